The number of hydrogen-bond donors (Lipinski definition) is 1. The monoisotopic (exact) mass is 323 g/mol. The molecule has 1 atom stereocenters. The molecule has 19 heavy (non-hydrogen) atoms. The molecule has 1 rings (SSSR count). The fraction of sp³-hybridized carbons (Fsp3) is 0.667. The second-order valence-electron chi connectivity index (χ2n) is 4.48. The molecule has 0 fully saturated rings. The molecule has 1 N–H and O–H groups in total. The van der Waals surface area contributed by atoms with Crippen LogP contribution < -0.4 is 0 Å². The first-order chi connectivity index (χ1) is 8.84. The molecule has 0 saturated carbocycles. The number of aryl methyl sites for hydroxylation is 1. The summed E-state index contributed by atoms with van der Waals surface area (Å²) in [5.41, 5.74) is 0.830. The SMILES string of the molecule is CSCCC(C)N(C)S(=O)(=O)c1cc(C)c(CO)s1. The van der Waals surface area contributed by atoms with Crippen LogP contribution in [0.25, 0.3) is 0 Å². The summed E-state index contributed by atoms with van der Waals surface area (Å²) in [6.07, 6.45) is 2.84. The summed E-state index contributed by atoms with van der Waals surface area (Å²) in [6.45, 7) is 3.62. The molecule has 1 unspecified atom stereocenters. The number of sulfonamides is 1. The van der Waals surface area contributed by atoms with Crippen molar-refractivity contribution in [1.29, 1.82) is 0 Å². The molecule has 0 spiro atoms. The number of thioether (sulfide) groups is 1. The maximum absolute atomic E-state index is 12.5. The van der Waals surface area contributed by atoms with Gasteiger partial charge in [0.05, 0.1) is 6.61 Å². The predicted octanol–water partition coefficient (Wildman–Crippen LogP) is 2.31. The largest absolute Gasteiger partial charge is 0.391 e. The lowest BCUT2D eigenvalue weighted by Gasteiger charge is -2.23. The van der Waals surface area contributed by atoms with Crippen LogP contribution >= 0.6 is 23.1 Å². The summed E-state index contributed by atoms with van der Waals surface area (Å²) >= 11 is 2.86. The normalized spacial score (nSPS) is 14.0. The van der Waals surface area contributed by atoms with E-state index in [-0.39, 0.29) is 12.6 Å². The molecule has 0 saturated heterocycles. The Labute approximate surface area is 123 Å². The van der Waals surface area contributed by atoms with Crippen LogP contribution in [0.4, 0.5) is 0 Å². The summed E-state index contributed by atoms with van der Waals surface area (Å²) in [5, 5.41) is 9.16. The minimum atomic E-state index is -3.45. The molecule has 110 valence electrons. The van der Waals surface area contributed by atoms with E-state index < -0.39 is 10.0 Å². The van der Waals surface area contributed by atoms with Gasteiger partial charge < -0.3 is 5.11 Å². The first-order valence-electron chi connectivity index (χ1n) is 6.01. The summed E-state index contributed by atoms with van der Waals surface area (Å²) < 4.78 is 26.7. The lowest BCUT2D eigenvalue weighted by molar-refractivity contribution is 0.285. The van der Waals surface area contributed by atoms with Crippen molar-refractivity contribution in [3.8, 4) is 0 Å². The van der Waals surface area contributed by atoms with E-state index in [9.17, 15) is 8.42 Å². The number of hydrogen-bond acceptors (Lipinski definition) is 5. The van der Waals surface area contributed by atoms with Gasteiger partial charge in [-0.05, 0) is 43.9 Å². The highest BCUT2D eigenvalue weighted by molar-refractivity contribution is 7.98. The zero-order valence-corrected chi connectivity index (χ0v) is 14.2. The Morgan fingerprint density at radius 3 is 2.63 bits per heavy atom. The zero-order valence-electron chi connectivity index (χ0n) is 11.7. The fourth-order valence-corrected chi connectivity index (χ4v) is 5.23. The predicted molar refractivity (Wildman–Crippen MR) is 82.4 cm³/mol. The first kappa shape index (κ1) is 17.0. The molecule has 0 amide bonds. The van der Waals surface area contributed by atoms with E-state index >= 15 is 0 Å². The van der Waals surface area contributed by atoms with E-state index in [2.05, 4.69) is 0 Å². The van der Waals surface area contributed by atoms with Gasteiger partial charge in [-0.2, -0.15) is 16.1 Å². The Morgan fingerprint density at radius 2 is 2.16 bits per heavy atom. The third-order valence-corrected chi connectivity index (χ3v) is 7.42. The smallest absolute Gasteiger partial charge is 0.252 e. The Kier molecular flexibility index (Phi) is 6.32. The molecule has 0 aromatic carbocycles. The van der Waals surface area contributed by atoms with E-state index in [4.69, 9.17) is 5.11 Å². The summed E-state index contributed by atoms with van der Waals surface area (Å²) in [6, 6.07) is 1.61. The van der Waals surface area contributed by atoms with Gasteiger partial charge in [0.2, 0.25) is 0 Å². The molecule has 0 bridgehead atoms. The quantitative estimate of drug-likeness (QED) is 0.836. The van der Waals surface area contributed by atoms with Gasteiger partial charge in [0.1, 0.15) is 4.21 Å². The summed E-state index contributed by atoms with van der Waals surface area (Å²) in [7, 11) is -1.83. The topological polar surface area (TPSA) is 57.6 Å². The molecule has 0 aliphatic rings. The third kappa shape index (κ3) is 3.95. The Morgan fingerprint density at radius 1 is 1.53 bits per heavy atom. The van der Waals surface area contributed by atoms with Crippen molar-refractivity contribution in [1.82, 2.24) is 4.31 Å². The second-order valence-corrected chi connectivity index (χ2v) is 8.83. The van der Waals surface area contributed by atoms with Gasteiger partial charge in [0.15, 0.2) is 0 Å². The number of aliphatic hydroxyl groups is 1. The number of thiophene rings is 1. The standard InChI is InChI=1S/C12H21NO3S3/c1-9-7-12(18-11(9)8-14)19(15,16)13(3)10(2)5-6-17-4/h7,10,14H,5-6,8H2,1-4H3. The van der Waals surface area contributed by atoms with Crippen molar-refractivity contribution >= 4 is 33.1 Å². The van der Waals surface area contributed by atoms with E-state index in [1.807, 2.05) is 20.1 Å². The van der Waals surface area contributed by atoms with E-state index in [0.717, 1.165) is 29.1 Å². The minimum absolute atomic E-state index is 0.0302. The maximum Gasteiger partial charge on any atom is 0.252 e. The van der Waals surface area contributed by atoms with E-state index in [0.29, 0.717) is 9.09 Å². The van der Waals surface area contributed by atoms with E-state index in [1.54, 1.807) is 24.9 Å². The number of nitrogens with zero attached hydrogens (tertiary/aromatic N) is 1. The van der Waals surface area contributed by atoms with Crippen molar-refractivity contribution < 1.29 is 13.5 Å². The third-order valence-electron chi connectivity index (χ3n) is 3.14. The molecule has 1 aromatic rings. The molecule has 1 heterocycles. The maximum atomic E-state index is 12.5. The Bertz CT molecular complexity index is 510. The molecule has 7 heteroatoms. The number of aliphatic hydroxyl groups excluding tert-OH is 1. The first-order valence-corrected chi connectivity index (χ1v) is 9.66. The molecule has 1 aromatic heterocycles. The van der Waals surface area contributed by atoms with Crippen LogP contribution in [0.15, 0.2) is 10.3 Å². The van der Waals surface area contributed by atoms with Crippen molar-refractivity contribution in [2.75, 3.05) is 19.1 Å². The Balaban J connectivity index is 2.95. The zero-order chi connectivity index (χ0) is 14.6. The molecule has 0 radical (unpaired) electrons. The number of rotatable bonds is 7. The van der Waals surface area contributed by atoms with Crippen molar-refractivity contribution in [2.24, 2.45) is 0 Å². The van der Waals surface area contributed by atoms with Gasteiger partial charge in [-0.15, -0.1) is 11.3 Å². The fourth-order valence-electron chi connectivity index (χ4n) is 1.62. The summed E-state index contributed by atoms with van der Waals surface area (Å²) in [5.74, 6) is 0.937. The van der Waals surface area contributed by atoms with Gasteiger partial charge in [-0.1, -0.05) is 0 Å². The van der Waals surface area contributed by atoms with Crippen molar-refractivity contribution in [3.63, 3.8) is 0 Å². The van der Waals surface area contributed by atoms with Gasteiger partial charge in [-0.3, -0.25) is 0 Å². The highest BCUT2D eigenvalue weighted by atomic mass is 32.2. The lowest BCUT2D eigenvalue weighted by Crippen LogP contribution is -2.35. The van der Waals surface area contributed by atoms with Crippen LogP contribution in [0, 0.1) is 6.92 Å². The highest BCUT2D eigenvalue weighted by Gasteiger charge is 2.27. The van der Waals surface area contributed by atoms with Crippen LogP contribution in [0.5, 0.6) is 0 Å². The van der Waals surface area contributed by atoms with Crippen molar-refractivity contribution in [2.45, 2.75) is 37.1 Å². The second kappa shape index (κ2) is 7.08. The Hall–Kier alpha value is -0.0800. The molecular formula is C12H21NO3S3. The molecule has 0 aliphatic heterocycles. The van der Waals surface area contributed by atoms with Crippen LogP contribution in [-0.2, 0) is 16.6 Å². The molecular weight excluding hydrogens is 302 g/mol. The van der Waals surface area contributed by atoms with Crippen LogP contribution in [0.1, 0.15) is 23.8 Å². The average molecular weight is 324 g/mol. The highest BCUT2D eigenvalue weighted by Crippen LogP contribution is 2.29. The minimum Gasteiger partial charge on any atom is -0.391 e. The van der Waals surface area contributed by atoms with Crippen LogP contribution in [0.2, 0.25) is 0 Å². The average Bonchev–Trinajstić information content (AvgIpc) is 2.76. The van der Waals surface area contributed by atoms with Gasteiger partial charge >= 0.3 is 0 Å². The van der Waals surface area contributed by atoms with Gasteiger partial charge in [-0.25, -0.2) is 8.42 Å². The lowest BCUT2D eigenvalue weighted by atomic mass is 10.3. The van der Waals surface area contributed by atoms with E-state index in [1.165, 1.54) is 4.31 Å². The van der Waals surface area contributed by atoms with Crippen LogP contribution in [-0.4, -0.2) is 42.9 Å². The van der Waals surface area contributed by atoms with Gasteiger partial charge in [0.25, 0.3) is 10.0 Å². The summed E-state index contributed by atoms with van der Waals surface area (Å²) in [4.78, 5) is 0.712. The van der Waals surface area contributed by atoms with Crippen LogP contribution in [0.3, 0.4) is 0 Å². The van der Waals surface area contributed by atoms with Gasteiger partial charge in [0, 0.05) is 18.0 Å². The molecule has 4 nitrogen and oxygen atoms in total. The molecule has 0 aliphatic carbocycles. The van der Waals surface area contributed by atoms with Crippen molar-refractivity contribution in [3.05, 3.63) is 16.5 Å².